The molecule has 1 amide bonds. The molecule has 0 bridgehead atoms. The van der Waals surface area contributed by atoms with Crippen LogP contribution in [0.15, 0.2) is 57.7 Å². The highest BCUT2D eigenvalue weighted by Gasteiger charge is 2.06. The molecule has 3 aromatic rings. The van der Waals surface area contributed by atoms with Gasteiger partial charge in [0.25, 0.3) is 5.91 Å². The quantitative estimate of drug-likeness (QED) is 0.660. The van der Waals surface area contributed by atoms with Crippen LogP contribution >= 0.6 is 0 Å². The Morgan fingerprint density at radius 2 is 1.88 bits per heavy atom. The van der Waals surface area contributed by atoms with Crippen molar-refractivity contribution in [3.05, 3.63) is 70.1 Å². The van der Waals surface area contributed by atoms with Crippen molar-refractivity contribution >= 4 is 16.9 Å². The largest absolute Gasteiger partial charge is 0.489 e. The van der Waals surface area contributed by atoms with Crippen molar-refractivity contribution in [2.45, 2.75) is 20.0 Å². The molecule has 0 saturated heterocycles. The minimum atomic E-state index is -0.532. The van der Waals surface area contributed by atoms with Crippen molar-refractivity contribution in [3.8, 4) is 11.5 Å². The maximum Gasteiger partial charge on any atom is 0.336 e. The molecule has 134 valence electrons. The highest BCUT2D eigenvalue weighted by Crippen LogP contribution is 2.24. The first-order chi connectivity index (χ1) is 12.5. The molecule has 0 aliphatic rings. The first kappa shape index (κ1) is 17.5. The molecule has 0 spiro atoms. The molecule has 0 atom stereocenters. The molecule has 2 N–H and O–H groups in total. The summed E-state index contributed by atoms with van der Waals surface area (Å²) in [7, 11) is 0. The third-order valence-corrected chi connectivity index (χ3v) is 3.87. The molecular weight excluding hydrogens is 334 g/mol. The SMILES string of the molecule is CCc1cc(=O)oc2cc(OCc3cccc(OCC(N)=O)c3)ccc12. The summed E-state index contributed by atoms with van der Waals surface area (Å²) in [5.74, 6) is 0.607. The molecule has 0 unspecified atom stereocenters. The van der Waals surface area contributed by atoms with Crippen LogP contribution in [0.25, 0.3) is 11.0 Å². The number of nitrogens with two attached hydrogens (primary N) is 1. The van der Waals surface area contributed by atoms with Crippen molar-refractivity contribution in [3.63, 3.8) is 0 Å². The molecule has 0 aliphatic heterocycles. The molecule has 0 saturated carbocycles. The van der Waals surface area contributed by atoms with E-state index < -0.39 is 5.91 Å². The second kappa shape index (κ2) is 7.74. The summed E-state index contributed by atoms with van der Waals surface area (Å²) < 4.78 is 16.3. The van der Waals surface area contributed by atoms with E-state index in [4.69, 9.17) is 19.6 Å². The van der Waals surface area contributed by atoms with Gasteiger partial charge in [0.05, 0.1) is 0 Å². The van der Waals surface area contributed by atoms with E-state index in [1.165, 1.54) is 6.07 Å². The standard InChI is InChI=1S/C20H19NO5/c1-2-14-9-20(23)26-18-10-16(6-7-17(14)18)24-11-13-4-3-5-15(8-13)25-12-19(21)22/h3-10H,2,11-12H2,1H3,(H2,21,22). The number of primary amides is 1. The van der Waals surface area contributed by atoms with E-state index in [1.54, 1.807) is 18.2 Å². The van der Waals surface area contributed by atoms with E-state index in [-0.39, 0.29) is 12.2 Å². The Morgan fingerprint density at radius 1 is 1.08 bits per heavy atom. The number of ether oxygens (including phenoxy) is 2. The van der Waals surface area contributed by atoms with Crippen molar-refractivity contribution in [1.29, 1.82) is 0 Å². The first-order valence-corrected chi connectivity index (χ1v) is 8.25. The highest BCUT2D eigenvalue weighted by atomic mass is 16.5. The van der Waals surface area contributed by atoms with Crippen LogP contribution < -0.4 is 20.8 Å². The lowest BCUT2D eigenvalue weighted by Gasteiger charge is -2.10. The molecular formula is C20H19NO5. The number of benzene rings is 2. The Balaban J connectivity index is 1.74. The van der Waals surface area contributed by atoms with Crippen molar-refractivity contribution in [1.82, 2.24) is 0 Å². The summed E-state index contributed by atoms with van der Waals surface area (Å²) in [4.78, 5) is 22.4. The van der Waals surface area contributed by atoms with Gasteiger partial charge >= 0.3 is 5.63 Å². The van der Waals surface area contributed by atoms with Crippen LogP contribution in [0.5, 0.6) is 11.5 Å². The lowest BCUT2D eigenvalue weighted by atomic mass is 10.1. The average molecular weight is 353 g/mol. The zero-order chi connectivity index (χ0) is 18.5. The van der Waals surface area contributed by atoms with Gasteiger partial charge in [0.2, 0.25) is 0 Å². The topological polar surface area (TPSA) is 91.8 Å². The smallest absolute Gasteiger partial charge is 0.336 e. The summed E-state index contributed by atoms with van der Waals surface area (Å²) in [5.41, 5.74) is 7.02. The fourth-order valence-corrected chi connectivity index (χ4v) is 2.64. The lowest BCUT2D eigenvalue weighted by molar-refractivity contribution is -0.119. The first-order valence-electron chi connectivity index (χ1n) is 8.25. The maximum atomic E-state index is 11.6. The van der Waals surface area contributed by atoms with Gasteiger partial charge in [-0.3, -0.25) is 4.79 Å². The molecule has 26 heavy (non-hydrogen) atoms. The Morgan fingerprint density at radius 3 is 2.65 bits per heavy atom. The molecule has 1 heterocycles. The summed E-state index contributed by atoms with van der Waals surface area (Å²) >= 11 is 0. The molecule has 2 aromatic carbocycles. The number of carbonyl (C=O) groups is 1. The highest BCUT2D eigenvalue weighted by molar-refractivity contribution is 5.81. The van der Waals surface area contributed by atoms with Gasteiger partial charge < -0.3 is 19.6 Å². The second-order valence-electron chi connectivity index (χ2n) is 5.79. The van der Waals surface area contributed by atoms with E-state index in [0.29, 0.717) is 23.7 Å². The van der Waals surface area contributed by atoms with Gasteiger partial charge in [0.15, 0.2) is 6.61 Å². The van der Waals surface area contributed by atoms with Gasteiger partial charge in [-0.25, -0.2) is 4.79 Å². The minimum Gasteiger partial charge on any atom is -0.489 e. The lowest BCUT2D eigenvalue weighted by Crippen LogP contribution is -2.20. The van der Waals surface area contributed by atoms with E-state index in [9.17, 15) is 9.59 Å². The predicted molar refractivity (Wildman–Crippen MR) is 97.3 cm³/mol. The fraction of sp³-hybridized carbons (Fsp3) is 0.200. The zero-order valence-corrected chi connectivity index (χ0v) is 14.4. The van der Waals surface area contributed by atoms with E-state index in [0.717, 1.165) is 22.9 Å². The third kappa shape index (κ3) is 4.22. The number of fused-ring (bicyclic) bond motifs is 1. The number of rotatable bonds is 7. The summed E-state index contributed by atoms with van der Waals surface area (Å²) in [6.45, 7) is 2.12. The molecule has 6 nitrogen and oxygen atoms in total. The number of carbonyl (C=O) groups excluding carboxylic acids is 1. The van der Waals surface area contributed by atoms with Crippen LogP contribution in [0.4, 0.5) is 0 Å². The molecule has 1 aromatic heterocycles. The number of hydrogen-bond acceptors (Lipinski definition) is 5. The maximum absolute atomic E-state index is 11.6. The molecule has 6 heteroatoms. The van der Waals surface area contributed by atoms with E-state index >= 15 is 0 Å². The molecule has 3 rings (SSSR count). The zero-order valence-electron chi connectivity index (χ0n) is 14.4. The number of hydrogen-bond donors (Lipinski definition) is 1. The average Bonchev–Trinajstić information content (AvgIpc) is 2.64. The van der Waals surface area contributed by atoms with Crippen LogP contribution in [0, 0.1) is 0 Å². The van der Waals surface area contributed by atoms with Crippen LogP contribution in [0.2, 0.25) is 0 Å². The van der Waals surface area contributed by atoms with Crippen LogP contribution in [-0.4, -0.2) is 12.5 Å². The third-order valence-electron chi connectivity index (χ3n) is 3.87. The van der Waals surface area contributed by atoms with Crippen molar-refractivity contribution < 1.29 is 18.7 Å². The number of amides is 1. The van der Waals surface area contributed by atoms with Crippen LogP contribution in [-0.2, 0) is 17.8 Å². The van der Waals surface area contributed by atoms with Crippen molar-refractivity contribution in [2.24, 2.45) is 5.73 Å². The Bertz CT molecular complexity index is 993. The summed E-state index contributed by atoms with van der Waals surface area (Å²) in [6.07, 6.45) is 0.750. The van der Waals surface area contributed by atoms with Gasteiger partial charge in [-0.2, -0.15) is 0 Å². The predicted octanol–water partition coefficient (Wildman–Crippen LogP) is 2.80. The van der Waals surface area contributed by atoms with Gasteiger partial charge in [0, 0.05) is 17.5 Å². The Hall–Kier alpha value is -3.28. The van der Waals surface area contributed by atoms with Crippen LogP contribution in [0.1, 0.15) is 18.1 Å². The van der Waals surface area contributed by atoms with Gasteiger partial charge in [-0.05, 0) is 41.8 Å². The van der Waals surface area contributed by atoms with Crippen molar-refractivity contribution in [2.75, 3.05) is 6.61 Å². The summed E-state index contributed by atoms with van der Waals surface area (Å²) in [6, 6.07) is 14.2. The second-order valence-corrected chi connectivity index (χ2v) is 5.79. The fourth-order valence-electron chi connectivity index (χ4n) is 2.64. The normalized spacial score (nSPS) is 10.7. The molecule has 0 aliphatic carbocycles. The number of aryl methyl sites for hydroxylation is 1. The van der Waals surface area contributed by atoms with Gasteiger partial charge in [-0.1, -0.05) is 19.1 Å². The minimum absolute atomic E-state index is 0.173. The van der Waals surface area contributed by atoms with Gasteiger partial charge in [-0.15, -0.1) is 0 Å². The van der Waals surface area contributed by atoms with E-state index in [1.807, 2.05) is 31.2 Å². The van der Waals surface area contributed by atoms with Gasteiger partial charge in [0.1, 0.15) is 23.7 Å². The Labute approximate surface area is 150 Å². The molecule has 0 fully saturated rings. The Kier molecular flexibility index (Phi) is 5.22. The van der Waals surface area contributed by atoms with E-state index in [2.05, 4.69) is 0 Å². The summed E-state index contributed by atoms with van der Waals surface area (Å²) in [5, 5.41) is 0.904. The monoisotopic (exact) mass is 353 g/mol. The van der Waals surface area contributed by atoms with Crippen LogP contribution in [0.3, 0.4) is 0 Å². The molecule has 0 radical (unpaired) electrons.